The van der Waals surface area contributed by atoms with Crippen molar-refractivity contribution in [3.63, 3.8) is 0 Å². The maximum Gasteiger partial charge on any atom is 0.253 e. The van der Waals surface area contributed by atoms with E-state index in [0.29, 0.717) is 36.0 Å². The van der Waals surface area contributed by atoms with Crippen molar-refractivity contribution < 1.29 is 9.53 Å². The van der Waals surface area contributed by atoms with E-state index < -0.39 is 0 Å². The number of benzene rings is 2. The fraction of sp³-hybridized carbons (Fsp3) is 0.190. The minimum absolute atomic E-state index is 0.184. The molecule has 0 bridgehead atoms. The summed E-state index contributed by atoms with van der Waals surface area (Å²) >= 11 is 5.89. The Morgan fingerprint density at radius 1 is 1.18 bits per heavy atom. The van der Waals surface area contributed by atoms with Crippen LogP contribution in [0.2, 0.25) is 5.02 Å². The Balaban J connectivity index is 1.61. The Morgan fingerprint density at radius 2 is 1.96 bits per heavy atom. The smallest absolute Gasteiger partial charge is 0.253 e. The number of hydrogen-bond acceptors (Lipinski definition) is 4. The fourth-order valence-electron chi connectivity index (χ4n) is 2.66. The molecule has 3 aromatic rings. The van der Waals surface area contributed by atoms with Gasteiger partial charge in [0.25, 0.3) is 11.5 Å². The monoisotopic (exact) mass is 397 g/mol. The van der Waals surface area contributed by atoms with Crippen molar-refractivity contribution in [2.24, 2.45) is 0 Å². The number of amides is 1. The molecule has 0 spiro atoms. The first-order valence-corrected chi connectivity index (χ1v) is 9.28. The van der Waals surface area contributed by atoms with E-state index in [9.17, 15) is 9.59 Å². The Bertz CT molecular complexity index is 1020. The number of carbonyl (C=O) groups is 1. The molecule has 0 radical (unpaired) electrons. The topological polar surface area (TPSA) is 73.2 Å². The van der Waals surface area contributed by atoms with Crippen molar-refractivity contribution in [1.29, 1.82) is 0 Å². The number of halogens is 1. The first-order chi connectivity index (χ1) is 13.6. The highest BCUT2D eigenvalue weighted by atomic mass is 35.5. The standard InChI is InChI=1S/C21H20ClN3O3/c1-2-28-18-8-6-15(7-9-18)19-13-20(26)25(14-24-19)11-10-23-21(27)16-4-3-5-17(22)12-16/h3-9,12-14H,2,10-11H2,1H3,(H,23,27). The zero-order chi connectivity index (χ0) is 19.9. The van der Waals surface area contributed by atoms with Crippen LogP contribution in [0.15, 0.2) is 65.7 Å². The first kappa shape index (κ1) is 19.6. The van der Waals surface area contributed by atoms with Gasteiger partial charge >= 0.3 is 0 Å². The quantitative estimate of drug-likeness (QED) is 0.663. The van der Waals surface area contributed by atoms with E-state index in [1.807, 2.05) is 31.2 Å². The lowest BCUT2D eigenvalue weighted by atomic mass is 10.1. The average molecular weight is 398 g/mol. The first-order valence-electron chi connectivity index (χ1n) is 8.90. The van der Waals surface area contributed by atoms with Gasteiger partial charge in [-0.05, 0) is 49.4 Å². The predicted molar refractivity (Wildman–Crippen MR) is 109 cm³/mol. The average Bonchev–Trinajstić information content (AvgIpc) is 2.70. The molecule has 0 unspecified atom stereocenters. The number of carbonyl (C=O) groups excluding carboxylic acids is 1. The molecule has 144 valence electrons. The van der Waals surface area contributed by atoms with Gasteiger partial charge in [0.15, 0.2) is 0 Å². The van der Waals surface area contributed by atoms with Gasteiger partial charge in [-0.25, -0.2) is 4.98 Å². The predicted octanol–water partition coefficient (Wildman–Crippen LogP) is 3.39. The van der Waals surface area contributed by atoms with Gasteiger partial charge < -0.3 is 10.1 Å². The highest BCUT2D eigenvalue weighted by Gasteiger charge is 2.07. The summed E-state index contributed by atoms with van der Waals surface area (Å²) in [6.45, 7) is 3.14. The van der Waals surface area contributed by atoms with E-state index in [0.717, 1.165) is 11.3 Å². The van der Waals surface area contributed by atoms with Gasteiger partial charge in [-0.1, -0.05) is 17.7 Å². The Kier molecular flexibility index (Phi) is 6.45. The SMILES string of the molecule is CCOc1ccc(-c2cc(=O)n(CCNC(=O)c3cccc(Cl)c3)cn2)cc1. The molecule has 28 heavy (non-hydrogen) atoms. The van der Waals surface area contributed by atoms with Gasteiger partial charge in [0.1, 0.15) is 5.75 Å². The van der Waals surface area contributed by atoms with Gasteiger partial charge in [0.2, 0.25) is 0 Å². The highest BCUT2D eigenvalue weighted by molar-refractivity contribution is 6.30. The molecule has 1 aromatic heterocycles. The molecule has 1 amide bonds. The van der Waals surface area contributed by atoms with Crippen molar-refractivity contribution in [1.82, 2.24) is 14.9 Å². The molecule has 1 heterocycles. The van der Waals surface area contributed by atoms with Crippen LogP contribution >= 0.6 is 11.6 Å². The van der Waals surface area contributed by atoms with Crippen LogP contribution in [0.3, 0.4) is 0 Å². The minimum atomic E-state index is -0.241. The molecule has 0 fully saturated rings. The van der Waals surface area contributed by atoms with E-state index in [1.54, 1.807) is 24.3 Å². The van der Waals surface area contributed by atoms with Crippen LogP contribution in [0.1, 0.15) is 17.3 Å². The summed E-state index contributed by atoms with van der Waals surface area (Å²) in [4.78, 5) is 28.8. The number of rotatable bonds is 7. The normalized spacial score (nSPS) is 10.5. The lowest BCUT2D eigenvalue weighted by Gasteiger charge is -2.09. The number of ether oxygens (including phenoxy) is 1. The molecule has 1 N–H and O–H groups in total. The van der Waals surface area contributed by atoms with E-state index in [1.165, 1.54) is 17.0 Å². The zero-order valence-electron chi connectivity index (χ0n) is 15.4. The Labute approximate surface area is 167 Å². The summed E-state index contributed by atoms with van der Waals surface area (Å²) in [6.07, 6.45) is 1.49. The maximum atomic E-state index is 12.3. The van der Waals surface area contributed by atoms with Crippen molar-refractivity contribution in [3.8, 4) is 17.0 Å². The van der Waals surface area contributed by atoms with Crippen LogP contribution in [0, 0.1) is 0 Å². The van der Waals surface area contributed by atoms with Crippen LogP contribution < -0.4 is 15.6 Å². The molecule has 0 atom stereocenters. The molecule has 0 aliphatic carbocycles. The summed E-state index contributed by atoms with van der Waals surface area (Å²) < 4.78 is 6.87. The van der Waals surface area contributed by atoms with Gasteiger partial charge in [0, 0.05) is 35.3 Å². The lowest BCUT2D eigenvalue weighted by molar-refractivity contribution is 0.0952. The second-order valence-corrected chi connectivity index (χ2v) is 6.47. The molecule has 0 saturated carbocycles. The van der Waals surface area contributed by atoms with Gasteiger partial charge in [-0.3, -0.25) is 14.2 Å². The maximum absolute atomic E-state index is 12.3. The molecular formula is C21H20ClN3O3. The van der Waals surface area contributed by atoms with Crippen LogP contribution in [0.5, 0.6) is 5.75 Å². The van der Waals surface area contributed by atoms with Crippen LogP contribution in [-0.2, 0) is 6.54 Å². The number of nitrogens with zero attached hydrogens (tertiary/aromatic N) is 2. The number of nitrogens with one attached hydrogen (secondary N) is 1. The molecular weight excluding hydrogens is 378 g/mol. The van der Waals surface area contributed by atoms with Crippen molar-refractivity contribution in [3.05, 3.63) is 81.9 Å². The van der Waals surface area contributed by atoms with E-state index >= 15 is 0 Å². The van der Waals surface area contributed by atoms with E-state index in [4.69, 9.17) is 16.3 Å². The molecule has 0 saturated heterocycles. The fourth-order valence-corrected chi connectivity index (χ4v) is 2.85. The summed E-state index contributed by atoms with van der Waals surface area (Å²) in [5.74, 6) is 0.532. The zero-order valence-corrected chi connectivity index (χ0v) is 16.1. The second kappa shape index (κ2) is 9.19. The minimum Gasteiger partial charge on any atom is -0.494 e. The molecule has 2 aromatic carbocycles. The molecule has 0 aliphatic rings. The molecule has 7 heteroatoms. The number of hydrogen-bond donors (Lipinski definition) is 1. The third-order valence-electron chi connectivity index (χ3n) is 4.07. The summed E-state index contributed by atoms with van der Waals surface area (Å²) in [5, 5.41) is 3.27. The highest BCUT2D eigenvalue weighted by Crippen LogP contribution is 2.19. The third-order valence-corrected chi connectivity index (χ3v) is 4.30. The number of aromatic nitrogens is 2. The summed E-state index contributed by atoms with van der Waals surface area (Å²) in [5.41, 5.74) is 1.72. The van der Waals surface area contributed by atoms with Crippen molar-refractivity contribution in [2.75, 3.05) is 13.2 Å². The van der Waals surface area contributed by atoms with Crippen molar-refractivity contribution in [2.45, 2.75) is 13.5 Å². The van der Waals surface area contributed by atoms with Gasteiger partial charge in [0.05, 0.1) is 18.6 Å². The van der Waals surface area contributed by atoms with Crippen molar-refractivity contribution >= 4 is 17.5 Å². The van der Waals surface area contributed by atoms with Gasteiger partial charge in [-0.2, -0.15) is 0 Å². The molecule has 3 rings (SSSR count). The third kappa shape index (κ3) is 4.98. The van der Waals surface area contributed by atoms with Crippen LogP contribution in [-0.4, -0.2) is 28.6 Å². The Morgan fingerprint density at radius 3 is 2.64 bits per heavy atom. The Hall–Kier alpha value is -3.12. The molecule has 0 aliphatic heterocycles. The van der Waals surface area contributed by atoms with E-state index in [-0.39, 0.29) is 11.5 Å². The summed E-state index contributed by atoms with van der Waals surface area (Å²) in [6, 6.07) is 15.6. The largest absolute Gasteiger partial charge is 0.494 e. The van der Waals surface area contributed by atoms with Crippen LogP contribution in [0.25, 0.3) is 11.3 Å². The lowest BCUT2D eigenvalue weighted by Crippen LogP contribution is -2.30. The summed E-state index contributed by atoms with van der Waals surface area (Å²) in [7, 11) is 0. The van der Waals surface area contributed by atoms with E-state index in [2.05, 4.69) is 10.3 Å². The second-order valence-electron chi connectivity index (χ2n) is 6.03. The van der Waals surface area contributed by atoms with Gasteiger partial charge in [-0.15, -0.1) is 0 Å². The van der Waals surface area contributed by atoms with Crippen LogP contribution in [0.4, 0.5) is 0 Å². The molecule has 6 nitrogen and oxygen atoms in total.